The van der Waals surface area contributed by atoms with E-state index in [1.165, 1.54) is 12.1 Å². The van der Waals surface area contributed by atoms with Crippen LogP contribution < -0.4 is 15.8 Å². The monoisotopic (exact) mass is 487 g/mol. The van der Waals surface area contributed by atoms with Gasteiger partial charge in [-0.1, -0.05) is 44.2 Å². The third-order valence-corrected chi connectivity index (χ3v) is 5.41. The van der Waals surface area contributed by atoms with E-state index in [4.69, 9.17) is 10.5 Å². The Labute approximate surface area is 197 Å². The zero-order valence-corrected chi connectivity index (χ0v) is 19.3. The third kappa shape index (κ3) is 8.10. The number of halogens is 4. The Bertz CT molecular complexity index is 915. The summed E-state index contributed by atoms with van der Waals surface area (Å²) < 4.78 is 47.5. The molecule has 10 heteroatoms. The van der Waals surface area contributed by atoms with E-state index in [1.54, 1.807) is 12.1 Å². The van der Waals surface area contributed by atoms with Gasteiger partial charge in [0.1, 0.15) is 5.75 Å². The van der Waals surface area contributed by atoms with Crippen LogP contribution in [0.5, 0.6) is 5.75 Å². The van der Waals surface area contributed by atoms with Gasteiger partial charge in [0.2, 0.25) is 0 Å². The first kappa shape index (κ1) is 26.8. The first-order valence-electron chi connectivity index (χ1n) is 10.5. The second-order valence-corrected chi connectivity index (χ2v) is 8.29. The van der Waals surface area contributed by atoms with Gasteiger partial charge >= 0.3 is 12.5 Å². The number of ether oxygens (including phenoxy) is 2. The topological polar surface area (TPSA) is 76.8 Å². The van der Waals surface area contributed by atoms with Crippen LogP contribution in [0.1, 0.15) is 43.7 Å². The number of carbonyl (C=O) groups is 1. The van der Waals surface area contributed by atoms with Gasteiger partial charge in [0, 0.05) is 43.7 Å². The van der Waals surface area contributed by atoms with E-state index in [9.17, 15) is 18.0 Å². The highest BCUT2D eigenvalue weighted by Crippen LogP contribution is 2.29. The minimum absolute atomic E-state index is 0. The second-order valence-electron chi connectivity index (χ2n) is 8.29. The largest absolute Gasteiger partial charge is 0.573 e. The SMILES string of the molecule is CC(C)c1ccc(NC(=O)OC2(N)CCN(Cc3ccccc3OC(F)(F)F)CC2)cc1.Cl. The summed E-state index contributed by atoms with van der Waals surface area (Å²) in [4.78, 5) is 14.3. The van der Waals surface area contributed by atoms with E-state index in [1.807, 2.05) is 29.2 Å². The molecule has 1 aliphatic rings. The van der Waals surface area contributed by atoms with Crippen molar-refractivity contribution in [1.29, 1.82) is 0 Å². The molecule has 1 heterocycles. The third-order valence-electron chi connectivity index (χ3n) is 5.41. The molecule has 0 spiro atoms. The predicted octanol–water partition coefficient (Wildman–Crippen LogP) is 5.63. The first-order chi connectivity index (χ1) is 15.0. The van der Waals surface area contributed by atoms with Crippen LogP contribution in [0.2, 0.25) is 0 Å². The summed E-state index contributed by atoms with van der Waals surface area (Å²) in [7, 11) is 0. The number of likely N-dealkylation sites (tertiary alicyclic amines) is 1. The number of nitrogens with one attached hydrogen (secondary N) is 1. The summed E-state index contributed by atoms with van der Waals surface area (Å²) in [6.07, 6.45) is -4.67. The number of nitrogens with two attached hydrogens (primary N) is 1. The van der Waals surface area contributed by atoms with E-state index >= 15 is 0 Å². The molecule has 182 valence electrons. The highest BCUT2D eigenvalue weighted by atomic mass is 35.5. The van der Waals surface area contributed by atoms with Crippen LogP contribution in [0.3, 0.4) is 0 Å². The summed E-state index contributed by atoms with van der Waals surface area (Å²) in [6.45, 7) is 5.38. The van der Waals surface area contributed by atoms with Gasteiger partial charge in [-0.15, -0.1) is 25.6 Å². The van der Waals surface area contributed by atoms with Crippen molar-refractivity contribution < 1.29 is 27.4 Å². The molecule has 1 amide bonds. The van der Waals surface area contributed by atoms with Crippen molar-refractivity contribution in [1.82, 2.24) is 4.90 Å². The number of anilines is 1. The van der Waals surface area contributed by atoms with Crippen molar-refractivity contribution in [2.24, 2.45) is 5.73 Å². The molecule has 0 radical (unpaired) electrons. The Hall–Kier alpha value is -2.49. The lowest BCUT2D eigenvalue weighted by Gasteiger charge is -2.38. The summed E-state index contributed by atoms with van der Waals surface area (Å²) in [5.74, 6) is 0.171. The molecule has 3 N–H and O–H groups in total. The molecule has 1 fully saturated rings. The van der Waals surface area contributed by atoms with E-state index in [0.29, 0.717) is 43.1 Å². The van der Waals surface area contributed by atoms with E-state index in [2.05, 4.69) is 23.9 Å². The molecular formula is C23H29ClF3N3O3. The highest BCUT2D eigenvalue weighted by Gasteiger charge is 2.35. The summed E-state index contributed by atoms with van der Waals surface area (Å²) in [5.41, 5.74) is 7.33. The highest BCUT2D eigenvalue weighted by molar-refractivity contribution is 5.85. The van der Waals surface area contributed by atoms with E-state index < -0.39 is 18.2 Å². The van der Waals surface area contributed by atoms with Crippen molar-refractivity contribution in [2.45, 2.75) is 51.2 Å². The average Bonchev–Trinajstić information content (AvgIpc) is 2.70. The summed E-state index contributed by atoms with van der Waals surface area (Å²) in [6, 6.07) is 13.5. The number of benzene rings is 2. The molecule has 1 saturated heterocycles. The Morgan fingerprint density at radius 2 is 1.73 bits per heavy atom. The van der Waals surface area contributed by atoms with Gasteiger partial charge in [-0.2, -0.15) is 0 Å². The first-order valence-corrected chi connectivity index (χ1v) is 10.5. The van der Waals surface area contributed by atoms with Crippen molar-refractivity contribution in [3.05, 3.63) is 59.7 Å². The fourth-order valence-electron chi connectivity index (χ4n) is 3.57. The van der Waals surface area contributed by atoms with Gasteiger partial charge < -0.3 is 9.47 Å². The van der Waals surface area contributed by atoms with Crippen LogP contribution >= 0.6 is 12.4 Å². The number of hydrogen-bond acceptors (Lipinski definition) is 5. The van der Waals surface area contributed by atoms with Crippen molar-refractivity contribution >= 4 is 24.2 Å². The molecule has 0 atom stereocenters. The predicted molar refractivity (Wildman–Crippen MR) is 122 cm³/mol. The number of amides is 1. The van der Waals surface area contributed by atoms with Crippen LogP contribution in [0.15, 0.2) is 48.5 Å². The lowest BCUT2D eigenvalue weighted by atomic mass is 10.0. The van der Waals surface area contributed by atoms with Crippen molar-refractivity contribution in [2.75, 3.05) is 18.4 Å². The molecule has 1 aliphatic heterocycles. The molecule has 2 aromatic rings. The van der Waals surface area contributed by atoms with Crippen LogP contribution in [-0.4, -0.2) is 36.2 Å². The fourth-order valence-corrected chi connectivity index (χ4v) is 3.57. The smallest absolute Gasteiger partial charge is 0.428 e. The Morgan fingerprint density at radius 3 is 2.30 bits per heavy atom. The number of alkyl halides is 3. The van der Waals surface area contributed by atoms with Gasteiger partial charge in [0.25, 0.3) is 0 Å². The molecule has 33 heavy (non-hydrogen) atoms. The quantitative estimate of drug-likeness (QED) is 0.516. The zero-order chi connectivity index (χ0) is 23.4. The van der Waals surface area contributed by atoms with Gasteiger partial charge in [0.05, 0.1) is 0 Å². The van der Waals surface area contributed by atoms with Gasteiger partial charge in [0.15, 0.2) is 5.72 Å². The van der Waals surface area contributed by atoms with Crippen LogP contribution in [0.4, 0.5) is 23.7 Å². The number of carbonyl (C=O) groups excluding carboxylic acids is 1. The lowest BCUT2D eigenvalue weighted by Crippen LogP contribution is -2.53. The Balaban J connectivity index is 0.00000385. The molecule has 2 aromatic carbocycles. The number of rotatable bonds is 6. The van der Waals surface area contributed by atoms with Gasteiger partial charge in [-0.25, -0.2) is 4.79 Å². The number of hydrogen-bond donors (Lipinski definition) is 2. The minimum Gasteiger partial charge on any atom is -0.428 e. The molecule has 3 rings (SSSR count). The van der Waals surface area contributed by atoms with Crippen LogP contribution in [0, 0.1) is 0 Å². The Kier molecular flexibility index (Phi) is 8.99. The lowest BCUT2D eigenvalue weighted by molar-refractivity contribution is -0.275. The fraction of sp³-hybridized carbons (Fsp3) is 0.435. The standard InChI is InChI=1S/C23H28F3N3O3.ClH/c1-16(2)17-7-9-19(10-8-17)28-21(30)32-22(27)11-13-29(14-12-22)15-18-5-3-4-6-20(18)31-23(24,25)26;/h3-10,16H,11-15,27H2,1-2H3,(H,28,30);1H. The van der Waals surface area contributed by atoms with Gasteiger partial charge in [-0.3, -0.25) is 16.0 Å². The molecule has 0 bridgehead atoms. The number of para-hydroxylation sites is 1. The normalized spacial score (nSPS) is 16.1. The summed E-state index contributed by atoms with van der Waals surface area (Å²) in [5, 5.41) is 2.68. The molecule has 0 unspecified atom stereocenters. The Morgan fingerprint density at radius 1 is 1.12 bits per heavy atom. The molecule has 0 aliphatic carbocycles. The molecule has 6 nitrogen and oxygen atoms in total. The molecule has 0 aromatic heterocycles. The van der Waals surface area contributed by atoms with E-state index in [-0.39, 0.29) is 24.7 Å². The number of piperidine rings is 1. The van der Waals surface area contributed by atoms with Crippen LogP contribution in [-0.2, 0) is 11.3 Å². The minimum atomic E-state index is -4.75. The number of nitrogens with zero attached hydrogens (tertiary/aromatic N) is 1. The van der Waals surface area contributed by atoms with Crippen molar-refractivity contribution in [3.63, 3.8) is 0 Å². The van der Waals surface area contributed by atoms with Gasteiger partial charge in [-0.05, 0) is 29.7 Å². The maximum absolute atomic E-state index is 12.6. The maximum atomic E-state index is 12.6. The van der Waals surface area contributed by atoms with Crippen LogP contribution in [0.25, 0.3) is 0 Å². The van der Waals surface area contributed by atoms with Crippen molar-refractivity contribution in [3.8, 4) is 5.75 Å². The molecular weight excluding hydrogens is 459 g/mol. The second kappa shape index (κ2) is 11.1. The molecule has 0 saturated carbocycles. The summed E-state index contributed by atoms with van der Waals surface area (Å²) >= 11 is 0. The zero-order valence-electron chi connectivity index (χ0n) is 18.5. The average molecular weight is 488 g/mol. The van der Waals surface area contributed by atoms with E-state index in [0.717, 1.165) is 5.56 Å². The maximum Gasteiger partial charge on any atom is 0.573 e.